The zero-order valence-corrected chi connectivity index (χ0v) is 26.0. The van der Waals surface area contributed by atoms with Crippen molar-refractivity contribution in [3.05, 3.63) is 40.7 Å². The molecular formula is C30H39Cl2N7O3. The molecule has 0 bridgehead atoms. The zero-order chi connectivity index (χ0) is 29.6. The number of hydrogen-bond donors (Lipinski definition) is 1. The van der Waals surface area contributed by atoms with E-state index in [1.807, 2.05) is 17.2 Å². The Bertz CT molecular complexity index is 1470. The van der Waals surface area contributed by atoms with Gasteiger partial charge in [-0.25, -0.2) is 0 Å². The molecule has 0 spiro atoms. The fourth-order valence-electron chi connectivity index (χ4n) is 6.81. The molecule has 3 fully saturated rings. The fourth-order valence-corrected chi connectivity index (χ4v) is 7.27. The van der Waals surface area contributed by atoms with Gasteiger partial charge in [0.15, 0.2) is 5.82 Å². The normalized spacial score (nSPS) is 22.2. The number of aromatic amines is 1. The van der Waals surface area contributed by atoms with E-state index in [0.717, 1.165) is 72.6 Å². The SMILES string of the molecule is C=CC(=O)N1CCC(n2nc(N3CCN(C[C@@H]4COCCO4)CC3(C)C)c(-c3c(Cl)c(Cl)cc4[nH]ncc34)c2C)CC1. The first-order valence-electron chi connectivity index (χ1n) is 14.7. The third-order valence-electron chi connectivity index (χ3n) is 8.90. The molecule has 0 radical (unpaired) electrons. The second-order valence-corrected chi connectivity index (χ2v) is 12.9. The molecule has 3 aliphatic rings. The Kier molecular flexibility index (Phi) is 8.28. The molecule has 0 aliphatic carbocycles. The quantitative estimate of drug-likeness (QED) is 0.402. The van der Waals surface area contributed by atoms with Crippen LogP contribution in [0.15, 0.2) is 24.9 Å². The Morgan fingerprint density at radius 1 is 1.19 bits per heavy atom. The second-order valence-electron chi connectivity index (χ2n) is 12.1. The second kappa shape index (κ2) is 11.8. The van der Waals surface area contributed by atoms with Crippen molar-refractivity contribution < 1.29 is 14.3 Å². The van der Waals surface area contributed by atoms with Crippen LogP contribution in [0.3, 0.4) is 0 Å². The van der Waals surface area contributed by atoms with Crippen molar-refractivity contribution in [2.24, 2.45) is 0 Å². The number of carbonyl (C=O) groups is 1. The van der Waals surface area contributed by atoms with Gasteiger partial charge in [0.1, 0.15) is 0 Å². The number of amides is 1. The van der Waals surface area contributed by atoms with E-state index in [1.165, 1.54) is 6.08 Å². The molecule has 226 valence electrons. The van der Waals surface area contributed by atoms with E-state index in [0.29, 0.717) is 43.0 Å². The summed E-state index contributed by atoms with van der Waals surface area (Å²) in [4.78, 5) is 19.0. The van der Waals surface area contributed by atoms with Crippen molar-refractivity contribution in [1.29, 1.82) is 0 Å². The number of H-pyrrole nitrogens is 1. The largest absolute Gasteiger partial charge is 0.376 e. The predicted octanol–water partition coefficient (Wildman–Crippen LogP) is 4.71. The number of aromatic nitrogens is 4. The molecule has 3 aromatic rings. The number of anilines is 1. The van der Waals surface area contributed by atoms with Crippen molar-refractivity contribution in [2.45, 2.75) is 51.3 Å². The smallest absolute Gasteiger partial charge is 0.245 e. The van der Waals surface area contributed by atoms with Crippen LogP contribution in [0.25, 0.3) is 22.0 Å². The zero-order valence-electron chi connectivity index (χ0n) is 24.5. The Balaban J connectivity index is 1.39. The van der Waals surface area contributed by atoms with Crippen LogP contribution in [0.2, 0.25) is 10.0 Å². The van der Waals surface area contributed by atoms with E-state index in [1.54, 1.807) is 0 Å². The van der Waals surface area contributed by atoms with E-state index >= 15 is 0 Å². The lowest BCUT2D eigenvalue weighted by Crippen LogP contribution is -2.61. The number of fused-ring (bicyclic) bond motifs is 1. The highest BCUT2D eigenvalue weighted by Gasteiger charge is 2.39. The van der Waals surface area contributed by atoms with Crippen molar-refractivity contribution in [2.75, 3.05) is 64.0 Å². The van der Waals surface area contributed by atoms with Crippen LogP contribution >= 0.6 is 23.2 Å². The average Bonchev–Trinajstić information content (AvgIpc) is 3.57. The minimum Gasteiger partial charge on any atom is -0.376 e. The van der Waals surface area contributed by atoms with Gasteiger partial charge in [-0.1, -0.05) is 29.8 Å². The number of benzene rings is 1. The maximum absolute atomic E-state index is 12.2. The molecule has 0 unspecified atom stereocenters. The summed E-state index contributed by atoms with van der Waals surface area (Å²) >= 11 is 13.7. The number of carbonyl (C=O) groups excluding carboxylic acids is 1. The third kappa shape index (κ3) is 5.43. The lowest BCUT2D eigenvalue weighted by Gasteiger charge is -2.48. The lowest BCUT2D eigenvalue weighted by atomic mass is 9.95. The van der Waals surface area contributed by atoms with Crippen molar-refractivity contribution in [3.63, 3.8) is 0 Å². The van der Waals surface area contributed by atoms with Crippen molar-refractivity contribution in [1.82, 2.24) is 29.8 Å². The highest BCUT2D eigenvalue weighted by atomic mass is 35.5. The molecule has 1 aromatic carbocycles. The molecule has 1 amide bonds. The van der Waals surface area contributed by atoms with Crippen LogP contribution < -0.4 is 4.90 Å². The molecule has 3 saturated heterocycles. The number of nitrogens with one attached hydrogen (secondary N) is 1. The number of likely N-dealkylation sites (tertiary alicyclic amines) is 1. The van der Waals surface area contributed by atoms with Gasteiger partial charge in [0, 0.05) is 67.0 Å². The monoisotopic (exact) mass is 615 g/mol. The van der Waals surface area contributed by atoms with Gasteiger partial charge in [0.2, 0.25) is 5.91 Å². The van der Waals surface area contributed by atoms with Crippen LogP contribution in [0, 0.1) is 6.92 Å². The fraction of sp³-hybridized carbons (Fsp3) is 0.567. The highest BCUT2D eigenvalue weighted by Crippen LogP contribution is 2.47. The Labute approximate surface area is 256 Å². The maximum atomic E-state index is 12.2. The molecule has 3 aliphatic heterocycles. The van der Waals surface area contributed by atoms with Crippen molar-refractivity contribution in [3.8, 4) is 11.1 Å². The standard InChI is InChI=1S/C30H39Cl2N7O3/c1-5-25(40)37-8-6-20(7-9-37)39-19(2)26(27-22-15-33-34-24(22)14-23(31)28(27)32)29(35-39)38-11-10-36(18-30(38,3)4)16-21-17-41-12-13-42-21/h5,14-15,20-21H,1,6-13,16-18H2,2-4H3,(H,33,34)/t21-/m1/s1. The number of nitrogens with zero attached hydrogens (tertiary/aromatic N) is 6. The molecule has 0 saturated carbocycles. The van der Waals surface area contributed by atoms with E-state index < -0.39 is 0 Å². The van der Waals surface area contributed by atoms with Gasteiger partial charge in [-0.2, -0.15) is 10.2 Å². The molecule has 12 heteroatoms. The number of halogens is 2. The Hall–Kier alpha value is -2.63. The summed E-state index contributed by atoms with van der Waals surface area (Å²) in [7, 11) is 0. The van der Waals surface area contributed by atoms with E-state index in [-0.39, 0.29) is 23.6 Å². The van der Waals surface area contributed by atoms with E-state index in [2.05, 4.69) is 52.0 Å². The van der Waals surface area contributed by atoms with Crippen LogP contribution in [0.1, 0.15) is 38.4 Å². The average molecular weight is 617 g/mol. The first-order valence-corrected chi connectivity index (χ1v) is 15.4. The summed E-state index contributed by atoms with van der Waals surface area (Å²) in [5.41, 5.74) is 3.44. The molecule has 10 nitrogen and oxygen atoms in total. The van der Waals surface area contributed by atoms with Gasteiger partial charge >= 0.3 is 0 Å². The number of rotatable bonds is 6. The summed E-state index contributed by atoms with van der Waals surface area (Å²) in [5, 5.41) is 14.6. The lowest BCUT2D eigenvalue weighted by molar-refractivity contribution is -0.127. The van der Waals surface area contributed by atoms with Gasteiger partial charge in [0.05, 0.1) is 53.7 Å². The summed E-state index contributed by atoms with van der Waals surface area (Å²) in [6.45, 7) is 17.0. The number of ether oxygens (including phenoxy) is 2. The molecular weight excluding hydrogens is 577 g/mol. The highest BCUT2D eigenvalue weighted by molar-refractivity contribution is 6.45. The first-order chi connectivity index (χ1) is 20.2. The summed E-state index contributed by atoms with van der Waals surface area (Å²) in [6.07, 6.45) is 4.92. The molecule has 42 heavy (non-hydrogen) atoms. The molecule has 2 aromatic heterocycles. The Morgan fingerprint density at radius 2 is 1.98 bits per heavy atom. The molecule has 5 heterocycles. The van der Waals surface area contributed by atoms with E-state index in [9.17, 15) is 4.79 Å². The Morgan fingerprint density at radius 3 is 2.67 bits per heavy atom. The maximum Gasteiger partial charge on any atom is 0.245 e. The third-order valence-corrected chi connectivity index (χ3v) is 9.69. The number of piperidine rings is 1. The van der Waals surface area contributed by atoms with Gasteiger partial charge in [0.25, 0.3) is 0 Å². The van der Waals surface area contributed by atoms with Crippen LogP contribution in [-0.4, -0.2) is 106 Å². The summed E-state index contributed by atoms with van der Waals surface area (Å²) in [6, 6.07) is 1.97. The van der Waals surface area contributed by atoms with E-state index in [4.69, 9.17) is 37.8 Å². The van der Waals surface area contributed by atoms with Gasteiger partial charge in [-0.15, -0.1) is 0 Å². The van der Waals surface area contributed by atoms with Crippen molar-refractivity contribution >= 4 is 45.8 Å². The number of hydrogen-bond acceptors (Lipinski definition) is 7. The van der Waals surface area contributed by atoms with Gasteiger partial charge in [-0.3, -0.25) is 19.5 Å². The minimum absolute atomic E-state index is 0.0233. The number of piperazine rings is 1. The minimum atomic E-state index is -0.228. The molecule has 6 rings (SSSR count). The van der Waals surface area contributed by atoms with Gasteiger partial charge < -0.3 is 19.3 Å². The predicted molar refractivity (Wildman–Crippen MR) is 166 cm³/mol. The topological polar surface area (TPSA) is 91.8 Å². The first kappa shape index (κ1) is 29.4. The van der Waals surface area contributed by atoms with Gasteiger partial charge in [-0.05, 0) is 45.8 Å². The van der Waals surface area contributed by atoms with Crippen LogP contribution in [0.4, 0.5) is 5.82 Å². The van der Waals surface area contributed by atoms with Crippen LogP contribution in [0.5, 0.6) is 0 Å². The van der Waals surface area contributed by atoms with Crippen LogP contribution in [-0.2, 0) is 14.3 Å². The summed E-state index contributed by atoms with van der Waals surface area (Å²) < 4.78 is 13.7. The summed E-state index contributed by atoms with van der Waals surface area (Å²) in [5.74, 6) is 0.871. The molecule has 1 atom stereocenters. The molecule has 1 N–H and O–H groups in total.